The molecule has 11 heteroatoms. The number of carbonyl (C=O) groups excluding carboxylic acids is 2. The van der Waals surface area contributed by atoms with Crippen molar-refractivity contribution in [1.82, 2.24) is 9.88 Å². The van der Waals surface area contributed by atoms with E-state index in [0.29, 0.717) is 5.75 Å². The second-order valence-electron chi connectivity index (χ2n) is 9.72. The number of hydrogen-bond acceptors (Lipinski definition) is 8. The number of thiazole rings is 1. The Bertz CT molecular complexity index is 1300. The van der Waals surface area contributed by atoms with E-state index in [9.17, 15) is 24.3 Å². The lowest BCUT2D eigenvalue weighted by Crippen LogP contribution is -2.42. The summed E-state index contributed by atoms with van der Waals surface area (Å²) in [7, 11) is 1.49. The van der Waals surface area contributed by atoms with Crippen LogP contribution < -0.4 is 9.61 Å². The van der Waals surface area contributed by atoms with Gasteiger partial charge in [0.15, 0.2) is 11.5 Å². The summed E-state index contributed by atoms with van der Waals surface area (Å²) in [4.78, 5) is 55.0. The first kappa shape index (κ1) is 22.7. The molecule has 9 nitrogen and oxygen atoms in total. The molecule has 3 heterocycles. The number of phenols is 1. The van der Waals surface area contributed by atoms with Gasteiger partial charge < -0.3 is 19.9 Å². The Balaban J connectivity index is 1.39. The monoisotopic (exact) mass is 516 g/mol. The number of rotatable bonds is 6. The molecule has 2 aliphatic heterocycles. The van der Waals surface area contributed by atoms with E-state index in [1.807, 2.05) is 6.07 Å². The van der Waals surface area contributed by atoms with Crippen LogP contribution >= 0.6 is 23.1 Å². The molecule has 4 aliphatic rings. The number of ether oxygens (including phenoxy) is 1. The number of aromatic hydroxyl groups is 1. The van der Waals surface area contributed by atoms with Gasteiger partial charge in [0.25, 0.3) is 0 Å². The Labute approximate surface area is 208 Å². The molecular weight excluding hydrogens is 492 g/mol. The van der Waals surface area contributed by atoms with Gasteiger partial charge >= 0.3 is 10.8 Å². The molecule has 2 bridgehead atoms. The van der Waals surface area contributed by atoms with Crippen molar-refractivity contribution in [3.63, 3.8) is 0 Å². The molecule has 0 radical (unpaired) electrons. The third-order valence-corrected chi connectivity index (χ3v) is 10.7. The number of aliphatic carboxylic acids is 1. The van der Waals surface area contributed by atoms with Crippen molar-refractivity contribution in [3.8, 4) is 11.5 Å². The highest BCUT2D eigenvalue weighted by atomic mass is 32.2. The number of carbonyl (C=O) groups is 3. The van der Waals surface area contributed by atoms with E-state index in [0.717, 1.165) is 21.9 Å². The van der Waals surface area contributed by atoms with E-state index in [1.165, 1.54) is 23.3 Å². The zero-order valence-electron chi connectivity index (χ0n) is 18.8. The topological polar surface area (TPSA) is 137 Å². The predicted molar refractivity (Wildman–Crippen MR) is 127 cm³/mol. The lowest BCUT2D eigenvalue weighted by molar-refractivity contribution is -0.142. The quantitative estimate of drug-likeness (QED) is 0.498. The van der Waals surface area contributed by atoms with Crippen LogP contribution in [-0.4, -0.2) is 56.8 Å². The number of imide groups is 1. The number of phenolic OH excluding ortho intramolecular Hbond substituents is 1. The van der Waals surface area contributed by atoms with Crippen LogP contribution in [-0.2, 0) is 14.4 Å². The summed E-state index contributed by atoms with van der Waals surface area (Å²) in [6.07, 6.45) is 0.944. The number of carboxylic acid groups (broad SMARTS) is 1. The van der Waals surface area contributed by atoms with Gasteiger partial charge in [-0.1, -0.05) is 17.4 Å². The van der Waals surface area contributed by atoms with Gasteiger partial charge in [-0.15, -0.1) is 11.8 Å². The third kappa shape index (κ3) is 3.27. The van der Waals surface area contributed by atoms with Crippen molar-refractivity contribution in [2.75, 3.05) is 13.7 Å². The predicted octanol–water partition coefficient (Wildman–Crippen LogP) is 2.49. The van der Waals surface area contributed by atoms with E-state index in [1.54, 1.807) is 23.9 Å². The van der Waals surface area contributed by atoms with Crippen molar-refractivity contribution in [2.24, 2.45) is 29.6 Å². The zero-order valence-corrected chi connectivity index (χ0v) is 20.4. The smallest absolute Gasteiger partial charge is 0.305 e. The Morgan fingerprint density at radius 3 is 2.66 bits per heavy atom. The molecule has 1 saturated heterocycles. The molecule has 1 aromatic heterocycles. The van der Waals surface area contributed by atoms with Gasteiger partial charge in [0, 0.05) is 29.0 Å². The minimum absolute atomic E-state index is 0.0130. The number of carboxylic acids is 1. The highest BCUT2D eigenvalue weighted by Crippen LogP contribution is 2.68. The van der Waals surface area contributed by atoms with E-state index in [2.05, 4.69) is 4.98 Å². The molecule has 6 rings (SSSR count). The summed E-state index contributed by atoms with van der Waals surface area (Å²) in [5, 5.41) is 20.0. The minimum Gasteiger partial charge on any atom is -0.504 e. The third-order valence-electron chi connectivity index (χ3n) is 8.15. The molecule has 2 aliphatic carbocycles. The normalized spacial score (nSPS) is 32.5. The first-order chi connectivity index (χ1) is 16.8. The number of benzene rings is 1. The molecule has 35 heavy (non-hydrogen) atoms. The van der Waals surface area contributed by atoms with E-state index < -0.39 is 11.9 Å². The van der Waals surface area contributed by atoms with Crippen molar-refractivity contribution in [1.29, 1.82) is 0 Å². The van der Waals surface area contributed by atoms with Crippen molar-refractivity contribution < 1.29 is 29.3 Å². The number of nitrogens with zero attached hydrogens (tertiary/aromatic N) is 1. The van der Waals surface area contributed by atoms with Crippen LogP contribution in [0.25, 0.3) is 0 Å². The number of H-pyrrole nitrogens is 1. The van der Waals surface area contributed by atoms with Gasteiger partial charge in [-0.05, 0) is 48.3 Å². The molecule has 3 N–H and O–H groups in total. The molecule has 3 fully saturated rings. The number of likely N-dealkylation sites (tertiary alicyclic amines) is 1. The van der Waals surface area contributed by atoms with Crippen LogP contribution in [0.4, 0.5) is 0 Å². The summed E-state index contributed by atoms with van der Waals surface area (Å²) in [6, 6.07) is 5.22. The largest absolute Gasteiger partial charge is 0.504 e. The van der Waals surface area contributed by atoms with E-state index >= 15 is 0 Å². The zero-order chi connectivity index (χ0) is 24.6. The van der Waals surface area contributed by atoms with Gasteiger partial charge in [0.2, 0.25) is 11.8 Å². The summed E-state index contributed by atoms with van der Waals surface area (Å²) in [6.45, 7) is 0.137. The fourth-order valence-electron chi connectivity index (χ4n) is 6.95. The molecule has 0 unspecified atom stereocenters. The molecule has 2 saturated carbocycles. The molecular formula is C24H24N2O7S2. The Hall–Kier alpha value is -2.79. The number of aromatic amines is 1. The molecule has 0 spiro atoms. The lowest BCUT2D eigenvalue weighted by atomic mass is 9.68. The Kier molecular flexibility index (Phi) is 5.26. The summed E-state index contributed by atoms with van der Waals surface area (Å²) < 4.78 is 5.34. The van der Waals surface area contributed by atoms with Gasteiger partial charge in [0.05, 0.1) is 24.0 Å². The summed E-state index contributed by atoms with van der Waals surface area (Å²) in [5.74, 6) is -1.82. The van der Waals surface area contributed by atoms with Crippen LogP contribution in [0, 0.1) is 29.6 Å². The van der Waals surface area contributed by atoms with Gasteiger partial charge in [-0.3, -0.25) is 24.1 Å². The van der Waals surface area contributed by atoms with Gasteiger partial charge in [-0.2, -0.15) is 0 Å². The average Bonchev–Trinajstić information content (AvgIpc) is 3.54. The molecule has 2 aromatic rings. The lowest BCUT2D eigenvalue weighted by Gasteiger charge is -2.43. The molecule has 2 amide bonds. The Morgan fingerprint density at radius 2 is 1.94 bits per heavy atom. The SMILES string of the molecule is COc1cc([C@H]2c3sc(=O)[nH]c3S[C@@H]3[C@@H]4C[C@H]([C@H]5C(=O)N(CCCC(=O)O)C(=O)[C@H]45)[C@H]23)ccc1O. The average molecular weight is 517 g/mol. The summed E-state index contributed by atoms with van der Waals surface area (Å²) >= 11 is 2.79. The van der Waals surface area contributed by atoms with E-state index in [4.69, 9.17) is 9.84 Å². The number of fused-ring (bicyclic) bond motifs is 9. The van der Waals surface area contributed by atoms with Crippen LogP contribution in [0.2, 0.25) is 0 Å². The molecule has 7 atom stereocenters. The highest BCUT2D eigenvalue weighted by Gasteiger charge is 2.69. The number of methoxy groups -OCH3 is 1. The maximum atomic E-state index is 13.4. The maximum absolute atomic E-state index is 13.4. The first-order valence-corrected chi connectivity index (χ1v) is 13.3. The minimum atomic E-state index is -0.945. The van der Waals surface area contributed by atoms with Crippen LogP contribution in [0.5, 0.6) is 11.5 Å². The number of nitrogens with one attached hydrogen (secondary N) is 1. The van der Waals surface area contributed by atoms with Crippen LogP contribution in [0.3, 0.4) is 0 Å². The van der Waals surface area contributed by atoms with Crippen molar-refractivity contribution >= 4 is 40.9 Å². The highest BCUT2D eigenvalue weighted by molar-refractivity contribution is 8.00. The van der Waals surface area contributed by atoms with Crippen molar-refractivity contribution in [2.45, 2.75) is 35.5 Å². The maximum Gasteiger partial charge on any atom is 0.305 e. The number of thioether (sulfide) groups is 1. The number of amides is 2. The fourth-order valence-corrected chi connectivity index (χ4v) is 9.84. The fraction of sp³-hybridized carbons (Fsp3) is 0.500. The van der Waals surface area contributed by atoms with Gasteiger partial charge in [0.1, 0.15) is 0 Å². The summed E-state index contributed by atoms with van der Waals surface area (Å²) in [5.41, 5.74) is 0.908. The standard InChI is InChI=1S/C24H24N2O7S2/c1-33-13-7-9(4-5-12(13)27)15-16-10-8-11(19(16)34-21-20(15)35-24(32)25-21)18-17(10)22(30)26(23(18)31)6-2-3-14(28)29/h4-5,7,10-11,15-19,27H,2-3,6,8H2,1H3,(H,25,32)(H,28,29)/t10-,11+,15+,16+,17+,18+,19+/m0/s1. The van der Waals surface area contributed by atoms with Crippen molar-refractivity contribution in [3.05, 3.63) is 38.3 Å². The van der Waals surface area contributed by atoms with Gasteiger partial charge in [-0.25, -0.2) is 0 Å². The molecule has 184 valence electrons. The number of aromatic nitrogens is 1. The Morgan fingerprint density at radius 1 is 1.20 bits per heavy atom. The first-order valence-electron chi connectivity index (χ1n) is 11.6. The second-order valence-corrected chi connectivity index (χ2v) is 11.9. The number of hydrogen-bond donors (Lipinski definition) is 3. The second kappa shape index (κ2) is 8.12. The van der Waals surface area contributed by atoms with Crippen LogP contribution in [0.15, 0.2) is 28.0 Å². The molecule has 1 aromatic carbocycles. The van der Waals surface area contributed by atoms with E-state index in [-0.39, 0.29) is 76.7 Å². The van der Waals surface area contributed by atoms with Crippen LogP contribution in [0.1, 0.15) is 35.6 Å².